The van der Waals surface area contributed by atoms with Crippen molar-refractivity contribution in [2.45, 2.75) is 130 Å². The van der Waals surface area contributed by atoms with E-state index in [0.717, 1.165) is 25.7 Å². The van der Waals surface area contributed by atoms with Crippen LogP contribution in [0.5, 0.6) is 0 Å². The molecule has 0 N–H and O–H groups in total. The molecule has 0 heterocycles. The van der Waals surface area contributed by atoms with Crippen molar-refractivity contribution in [1.29, 1.82) is 0 Å². The number of esters is 3. The molecule has 1 atom stereocenters. The van der Waals surface area contributed by atoms with Crippen LogP contribution in [0.2, 0.25) is 0 Å². The molecule has 0 aromatic carbocycles. The zero-order valence-electron chi connectivity index (χ0n) is 21.4. The van der Waals surface area contributed by atoms with E-state index in [9.17, 15) is 14.4 Å². The molecule has 6 heteroatoms. The van der Waals surface area contributed by atoms with Gasteiger partial charge in [-0.3, -0.25) is 14.4 Å². The van der Waals surface area contributed by atoms with Gasteiger partial charge in [0, 0.05) is 19.3 Å². The highest BCUT2D eigenvalue weighted by molar-refractivity contribution is 5.70. The van der Waals surface area contributed by atoms with Gasteiger partial charge in [-0.2, -0.15) is 0 Å². The number of allylic oxidation sites excluding steroid dienone is 2. The highest BCUT2D eigenvalue weighted by Gasteiger charge is 2.18. The molecular formula is C27H48O6. The van der Waals surface area contributed by atoms with Crippen LogP contribution in [0.4, 0.5) is 0 Å². The van der Waals surface area contributed by atoms with Crippen molar-refractivity contribution < 1.29 is 28.6 Å². The van der Waals surface area contributed by atoms with Gasteiger partial charge in [-0.25, -0.2) is 0 Å². The Morgan fingerprint density at radius 2 is 1.09 bits per heavy atom. The Hall–Kier alpha value is -1.85. The third kappa shape index (κ3) is 21.7. The summed E-state index contributed by atoms with van der Waals surface area (Å²) in [5.74, 6) is -1.11. The molecule has 33 heavy (non-hydrogen) atoms. The second-order valence-electron chi connectivity index (χ2n) is 8.52. The number of hydrogen-bond acceptors (Lipinski definition) is 6. The van der Waals surface area contributed by atoms with Crippen molar-refractivity contribution in [2.24, 2.45) is 0 Å². The van der Waals surface area contributed by atoms with Gasteiger partial charge in [0.25, 0.3) is 0 Å². The van der Waals surface area contributed by atoms with E-state index in [2.05, 4.69) is 19.1 Å². The van der Waals surface area contributed by atoms with Crippen LogP contribution in [-0.2, 0) is 28.6 Å². The van der Waals surface area contributed by atoms with Crippen molar-refractivity contribution >= 4 is 17.9 Å². The summed E-state index contributed by atoms with van der Waals surface area (Å²) in [4.78, 5) is 34.8. The Labute approximate surface area is 201 Å². The van der Waals surface area contributed by atoms with Crippen LogP contribution in [0.15, 0.2) is 12.2 Å². The first-order valence-corrected chi connectivity index (χ1v) is 13.2. The van der Waals surface area contributed by atoms with E-state index in [1.165, 1.54) is 57.8 Å². The Kier molecular flexibility index (Phi) is 22.0. The Morgan fingerprint density at radius 3 is 1.64 bits per heavy atom. The Bertz CT molecular complexity index is 529. The first-order valence-electron chi connectivity index (χ1n) is 13.2. The molecule has 0 radical (unpaired) electrons. The zero-order valence-corrected chi connectivity index (χ0v) is 21.4. The summed E-state index contributed by atoms with van der Waals surface area (Å²) < 4.78 is 15.4. The topological polar surface area (TPSA) is 78.9 Å². The molecule has 0 saturated heterocycles. The standard InChI is InChI=1S/C27H48O6/c1-4-7-8-9-10-11-12-13-14-15-16-17-18-19-20-21-27(30)32-23-24(33-26(29)6-3)22-31-25(28)5-2/h13-14,24H,4-12,15-23H2,1-3H3/b14-13-. The number of unbranched alkanes of at least 4 members (excludes halogenated alkanes) is 11. The maximum Gasteiger partial charge on any atom is 0.306 e. The average Bonchev–Trinajstić information content (AvgIpc) is 2.82. The van der Waals surface area contributed by atoms with Gasteiger partial charge in [0.1, 0.15) is 13.2 Å². The molecule has 6 nitrogen and oxygen atoms in total. The average molecular weight is 469 g/mol. The molecule has 0 aromatic rings. The van der Waals surface area contributed by atoms with Gasteiger partial charge >= 0.3 is 17.9 Å². The number of ether oxygens (including phenoxy) is 3. The van der Waals surface area contributed by atoms with Crippen molar-refractivity contribution in [3.63, 3.8) is 0 Å². The van der Waals surface area contributed by atoms with Crippen molar-refractivity contribution in [3.05, 3.63) is 12.2 Å². The normalized spacial score (nSPS) is 12.0. The summed E-state index contributed by atoms with van der Waals surface area (Å²) in [5, 5.41) is 0. The molecule has 0 aliphatic carbocycles. The van der Waals surface area contributed by atoms with E-state index in [1.807, 2.05) is 0 Å². The minimum atomic E-state index is -0.758. The summed E-state index contributed by atoms with van der Waals surface area (Å²) in [6, 6.07) is 0. The fraction of sp³-hybridized carbons (Fsp3) is 0.815. The fourth-order valence-electron chi connectivity index (χ4n) is 3.27. The Morgan fingerprint density at radius 1 is 0.606 bits per heavy atom. The van der Waals surface area contributed by atoms with Gasteiger partial charge < -0.3 is 14.2 Å². The maximum atomic E-state index is 12.0. The van der Waals surface area contributed by atoms with Crippen LogP contribution < -0.4 is 0 Å². The van der Waals surface area contributed by atoms with E-state index in [1.54, 1.807) is 13.8 Å². The van der Waals surface area contributed by atoms with Crippen LogP contribution in [0.25, 0.3) is 0 Å². The second-order valence-corrected chi connectivity index (χ2v) is 8.52. The zero-order chi connectivity index (χ0) is 24.6. The lowest BCUT2D eigenvalue weighted by atomic mass is 10.1. The van der Waals surface area contributed by atoms with Crippen LogP contribution >= 0.6 is 0 Å². The van der Waals surface area contributed by atoms with E-state index < -0.39 is 12.1 Å². The molecule has 0 amide bonds. The van der Waals surface area contributed by atoms with Gasteiger partial charge in [0.2, 0.25) is 0 Å². The van der Waals surface area contributed by atoms with Crippen molar-refractivity contribution in [2.75, 3.05) is 13.2 Å². The summed E-state index contributed by atoms with van der Waals surface area (Å²) in [7, 11) is 0. The van der Waals surface area contributed by atoms with Gasteiger partial charge in [-0.05, 0) is 32.1 Å². The Balaban J connectivity index is 3.71. The summed E-state index contributed by atoms with van der Waals surface area (Å²) >= 11 is 0. The van der Waals surface area contributed by atoms with Gasteiger partial charge in [-0.1, -0.05) is 84.3 Å². The number of carbonyl (C=O) groups is 3. The lowest BCUT2D eigenvalue weighted by molar-refractivity contribution is -0.166. The van der Waals surface area contributed by atoms with Crippen LogP contribution in [0.1, 0.15) is 124 Å². The highest BCUT2D eigenvalue weighted by Crippen LogP contribution is 2.10. The third-order valence-corrected chi connectivity index (χ3v) is 5.38. The molecular weight excluding hydrogens is 420 g/mol. The summed E-state index contributed by atoms with van der Waals surface area (Å²) in [6.07, 6.45) is 20.4. The molecule has 192 valence electrons. The number of carbonyl (C=O) groups excluding carboxylic acids is 3. The number of hydrogen-bond donors (Lipinski definition) is 0. The van der Waals surface area contributed by atoms with Gasteiger partial charge in [-0.15, -0.1) is 0 Å². The lowest BCUT2D eigenvalue weighted by Crippen LogP contribution is -2.30. The molecule has 0 spiro atoms. The van der Waals surface area contributed by atoms with Crippen LogP contribution in [0, 0.1) is 0 Å². The van der Waals surface area contributed by atoms with Crippen molar-refractivity contribution in [1.82, 2.24) is 0 Å². The minimum absolute atomic E-state index is 0.0906. The molecule has 0 rings (SSSR count). The second kappa shape index (κ2) is 23.3. The maximum absolute atomic E-state index is 12.0. The molecule has 0 fully saturated rings. The van der Waals surface area contributed by atoms with Gasteiger partial charge in [0.05, 0.1) is 0 Å². The lowest BCUT2D eigenvalue weighted by Gasteiger charge is -2.17. The number of rotatable bonds is 22. The third-order valence-electron chi connectivity index (χ3n) is 5.38. The van der Waals surface area contributed by atoms with E-state index in [0.29, 0.717) is 6.42 Å². The molecule has 0 saturated carbocycles. The van der Waals surface area contributed by atoms with Gasteiger partial charge in [0.15, 0.2) is 6.10 Å². The quantitative estimate of drug-likeness (QED) is 0.0749. The minimum Gasteiger partial charge on any atom is -0.462 e. The highest BCUT2D eigenvalue weighted by atomic mass is 16.6. The predicted octanol–water partition coefficient (Wildman–Crippen LogP) is 6.84. The molecule has 0 aliphatic rings. The van der Waals surface area contributed by atoms with E-state index >= 15 is 0 Å². The molecule has 0 aromatic heterocycles. The predicted molar refractivity (Wildman–Crippen MR) is 132 cm³/mol. The molecule has 0 aliphatic heterocycles. The molecule has 0 bridgehead atoms. The van der Waals surface area contributed by atoms with E-state index in [-0.39, 0.29) is 38.0 Å². The first-order chi connectivity index (χ1) is 16.0. The van der Waals surface area contributed by atoms with Crippen molar-refractivity contribution in [3.8, 4) is 0 Å². The smallest absolute Gasteiger partial charge is 0.306 e. The van der Waals surface area contributed by atoms with E-state index in [4.69, 9.17) is 14.2 Å². The monoisotopic (exact) mass is 468 g/mol. The van der Waals surface area contributed by atoms with Crippen LogP contribution in [-0.4, -0.2) is 37.2 Å². The fourth-order valence-corrected chi connectivity index (χ4v) is 3.27. The summed E-state index contributed by atoms with van der Waals surface area (Å²) in [5.41, 5.74) is 0. The van der Waals surface area contributed by atoms with Crippen LogP contribution in [0.3, 0.4) is 0 Å². The SMILES string of the molecule is CCCCCCCC/C=C\CCCCCCCC(=O)OCC(COC(=O)CC)OC(=O)CC. The largest absolute Gasteiger partial charge is 0.462 e. The first kappa shape index (κ1) is 31.1. The molecule has 1 unspecified atom stereocenters. The summed E-state index contributed by atoms with van der Waals surface area (Å²) in [6.45, 7) is 5.42.